The van der Waals surface area contributed by atoms with Crippen LogP contribution in [0.3, 0.4) is 0 Å². The fraction of sp³-hybridized carbons (Fsp3) is 0.217. The number of aryl methyl sites for hydroxylation is 2. The molecule has 0 aliphatic carbocycles. The lowest BCUT2D eigenvalue weighted by atomic mass is 9.97. The first-order valence-corrected chi connectivity index (χ1v) is 9.52. The van der Waals surface area contributed by atoms with Gasteiger partial charge in [0.2, 0.25) is 5.91 Å². The number of pyridine rings is 1. The molecule has 1 amide bonds. The van der Waals surface area contributed by atoms with Gasteiger partial charge in [-0.3, -0.25) is 9.78 Å². The van der Waals surface area contributed by atoms with Crippen molar-refractivity contribution in [1.29, 1.82) is 0 Å². The van der Waals surface area contributed by atoms with Gasteiger partial charge in [0.05, 0.1) is 29.4 Å². The maximum Gasteiger partial charge on any atom is 0.416 e. The quantitative estimate of drug-likeness (QED) is 0.554. The standard InChI is InChI=1S/C23H20F3N3O/c1-13-8-20-21(11-18(13)23(24,25)26)29-22(30)12-19(28-20)17-5-3-4-15(10-17)16-6-7-27-14(2)9-16/h3-11,19,28H,12H2,1-2H3,(H,29,30). The van der Waals surface area contributed by atoms with Gasteiger partial charge in [-0.05, 0) is 66.4 Å². The number of nitrogens with zero attached hydrogens (tertiary/aromatic N) is 1. The molecule has 0 saturated heterocycles. The van der Waals surface area contributed by atoms with Crippen molar-refractivity contribution < 1.29 is 18.0 Å². The molecule has 4 nitrogen and oxygen atoms in total. The molecule has 154 valence electrons. The van der Waals surface area contributed by atoms with Crippen molar-refractivity contribution in [3.05, 3.63) is 77.1 Å². The zero-order chi connectivity index (χ0) is 21.5. The Morgan fingerprint density at radius 3 is 2.50 bits per heavy atom. The van der Waals surface area contributed by atoms with Gasteiger partial charge in [0.15, 0.2) is 0 Å². The molecule has 0 saturated carbocycles. The molecule has 3 aromatic rings. The highest BCUT2D eigenvalue weighted by Crippen LogP contribution is 2.40. The van der Waals surface area contributed by atoms with E-state index in [4.69, 9.17) is 0 Å². The molecule has 1 aliphatic heterocycles. The van der Waals surface area contributed by atoms with Gasteiger partial charge in [-0.15, -0.1) is 0 Å². The molecule has 0 radical (unpaired) electrons. The van der Waals surface area contributed by atoms with Crippen LogP contribution in [0.25, 0.3) is 11.1 Å². The van der Waals surface area contributed by atoms with Crippen LogP contribution >= 0.6 is 0 Å². The Kier molecular flexibility index (Phi) is 4.97. The molecule has 4 rings (SSSR count). The van der Waals surface area contributed by atoms with Crippen LogP contribution < -0.4 is 10.6 Å². The molecule has 0 fully saturated rings. The summed E-state index contributed by atoms with van der Waals surface area (Å²) in [5, 5.41) is 5.86. The number of aromatic nitrogens is 1. The topological polar surface area (TPSA) is 54.0 Å². The van der Waals surface area contributed by atoms with Crippen molar-refractivity contribution in [2.75, 3.05) is 10.6 Å². The third kappa shape index (κ3) is 4.01. The third-order valence-electron chi connectivity index (χ3n) is 5.18. The highest BCUT2D eigenvalue weighted by molar-refractivity contribution is 5.97. The highest BCUT2D eigenvalue weighted by atomic mass is 19.4. The summed E-state index contributed by atoms with van der Waals surface area (Å²) < 4.78 is 39.8. The van der Waals surface area contributed by atoms with E-state index in [1.807, 2.05) is 43.3 Å². The maximum atomic E-state index is 13.3. The summed E-state index contributed by atoms with van der Waals surface area (Å²) >= 11 is 0. The fourth-order valence-corrected chi connectivity index (χ4v) is 3.72. The number of carbonyl (C=O) groups excluding carboxylic acids is 1. The SMILES string of the molecule is Cc1cc(-c2cccc(C3CC(=O)Nc4cc(C(F)(F)F)c(C)cc4N3)c2)ccn1. The maximum absolute atomic E-state index is 13.3. The Balaban J connectivity index is 1.71. The second-order valence-electron chi connectivity index (χ2n) is 7.47. The highest BCUT2D eigenvalue weighted by Gasteiger charge is 2.34. The van der Waals surface area contributed by atoms with E-state index in [0.717, 1.165) is 28.5 Å². The predicted octanol–water partition coefficient (Wildman–Crippen LogP) is 5.88. The summed E-state index contributed by atoms with van der Waals surface area (Å²) in [5.74, 6) is -0.339. The zero-order valence-corrected chi connectivity index (χ0v) is 16.5. The smallest absolute Gasteiger partial charge is 0.376 e. The minimum Gasteiger partial charge on any atom is -0.376 e. The van der Waals surface area contributed by atoms with Gasteiger partial charge in [0, 0.05) is 11.9 Å². The van der Waals surface area contributed by atoms with E-state index in [1.54, 1.807) is 6.20 Å². The van der Waals surface area contributed by atoms with Crippen LogP contribution in [0.2, 0.25) is 0 Å². The number of fused-ring (bicyclic) bond motifs is 1. The Morgan fingerprint density at radius 2 is 1.77 bits per heavy atom. The molecule has 0 bridgehead atoms. The average molecular weight is 411 g/mol. The minimum atomic E-state index is -4.48. The van der Waals surface area contributed by atoms with Gasteiger partial charge >= 0.3 is 6.18 Å². The molecule has 7 heteroatoms. The normalized spacial score (nSPS) is 16.3. The summed E-state index contributed by atoms with van der Waals surface area (Å²) in [6.45, 7) is 3.33. The molecule has 1 aliphatic rings. The summed E-state index contributed by atoms with van der Waals surface area (Å²) in [4.78, 5) is 16.6. The molecule has 2 heterocycles. The summed E-state index contributed by atoms with van der Waals surface area (Å²) in [6.07, 6.45) is -2.63. The van der Waals surface area contributed by atoms with Crippen molar-refractivity contribution in [1.82, 2.24) is 4.98 Å². The number of nitrogens with one attached hydrogen (secondary N) is 2. The molecule has 1 aromatic heterocycles. The van der Waals surface area contributed by atoms with Crippen LogP contribution in [0.15, 0.2) is 54.7 Å². The van der Waals surface area contributed by atoms with Crippen LogP contribution in [0.4, 0.5) is 24.5 Å². The summed E-state index contributed by atoms with van der Waals surface area (Å²) in [5.41, 5.74) is 3.73. The van der Waals surface area contributed by atoms with Gasteiger partial charge in [-0.2, -0.15) is 13.2 Å². The molecule has 2 aromatic carbocycles. The van der Waals surface area contributed by atoms with E-state index in [-0.39, 0.29) is 29.6 Å². The number of hydrogen-bond donors (Lipinski definition) is 2. The number of carbonyl (C=O) groups is 1. The van der Waals surface area contributed by atoms with Crippen LogP contribution in [0, 0.1) is 13.8 Å². The van der Waals surface area contributed by atoms with E-state index >= 15 is 0 Å². The summed E-state index contributed by atoms with van der Waals surface area (Å²) in [6, 6.07) is 13.7. The number of benzene rings is 2. The summed E-state index contributed by atoms with van der Waals surface area (Å²) in [7, 11) is 0. The Labute approximate surface area is 172 Å². The first-order valence-electron chi connectivity index (χ1n) is 9.52. The molecule has 1 unspecified atom stereocenters. The second kappa shape index (κ2) is 7.48. The first kappa shape index (κ1) is 19.9. The van der Waals surface area contributed by atoms with Gasteiger partial charge in [0.1, 0.15) is 0 Å². The lowest BCUT2D eigenvalue weighted by Crippen LogP contribution is -2.15. The van der Waals surface area contributed by atoms with Gasteiger partial charge in [-0.1, -0.05) is 18.2 Å². The number of halogens is 3. The average Bonchev–Trinajstić information content (AvgIpc) is 2.84. The largest absolute Gasteiger partial charge is 0.416 e. The zero-order valence-electron chi connectivity index (χ0n) is 16.5. The van der Waals surface area contributed by atoms with E-state index in [9.17, 15) is 18.0 Å². The number of amides is 1. The first-order chi connectivity index (χ1) is 14.2. The molecule has 30 heavy (non-hydrogen) atoms. The van der Waals surface area contributed by atoms with Crippen molar-refractivity contribution in [3.8, 4) is 11.1 Å². The Bertz CT molecular complexity index is 1120. The van der Waals surface area contributed by atoms with E-state index in [2.05, 4.69) is 15.6 Å². The van der Waals surface area contributed by atoms with Crippen molar-refractivity contribution in [2.24, 2.45) is 0 Å². The molecule has 1 atom stereocenters. The number of hydrogen-bond acceptors (Lipinski definition) is 3. The van der Waals surface area contributed by atoms with E-state index < -0.39 is 11.7 Å². The molecular weight excluding hydrogens is 391 g/mol. The van der Waals surface area contributed by atoms with Gasteiger partial charge < -0.3 is 10.6 Å². The van der Waals surface area contributed by atoms with Crippen molar-refractivity contribution >= 4 is 17.3 Å². The number of alkyl halides is 3. The number of anilines is 2. The van der Waals surface area contributed by atoms with E-state index in [0.29, 0.717) is 5.69 Å². The molecular formula is C23H20F3N3O. The predicted molar refractivity (Wildman–Crippen MR) is 110 cm³/mol. The van der Waals surface area contributed by atoms with Crippen LogP contribution in [0.1, 0.15) is 34.8 Å². The lowest BCUT2D eigenvalue weighted by molar-refractivity contribution is -0.138. The van der Waals surface area contributed by atoms with Crippen LogP contribution in [-0.4, -0.2) is 10.9 Å². The second-order valence-corrected chi connectivity index (χ2v) is 7.47. The van der Waals surface area contributed by atoms with Crippen LogP contribution in [-0.2, 0) is 11.0 Å². The number of rotatable bonds is 2. The molecule has 2 N–H and O–H groups in total. The molecule has 0 spiro atoms. The minimum absolute atomic E-state index is 0.102. The third-order valence-corrected chi connectivity index (χ3v) is 5.18. The van der Waals surface area contributed by atoms with Gasteiger partial charge in [0.25, 0.3) is 0 Å². The van der Waals surface area contributed by atoms with Crippen molar-refractivity contribution in [3.63, 3.8) is 0 Å². The van der Waals surface area contributed by atoms with E-state index in [1.165, 1.54) is 13.0 Å². The van der Waals surface area contributed by atoms with Crippen LogP contribution in [0.5, 0.6) is 0 Å². The lowest BCUT2D eigenvalue weighted by Gasteiger charge is -2.20. The monoisotopic (exact) mass is 411 g/mol. The van der Waals surface area contributed by atoms with Crippen molar-refractivity contribution in [2.45, 2.75) is 32.5 Å². The Morgan fingerprint density at radius 1 is 1.00 bits per heavy atom. The Hall–Kier alpha value is -3.35. The fourth-order valence-electron chi connectivity index (χ4n) is 3.72. The van der Waals surface area contributed by atoms with Gasteiger partial charge in [-0.25, -0.2) is 0 Å².